The Hall–Kier alpha value is -2.45. The number of carbonyl (C=O) groups is 1. The molecule has 6 nitrogen and oxygen atoms in total. The summed E-state index contributed by atoms with van der Waals surface area (Å²) >= 11 is 6.49. The van der Waals surface area contributed by atoms with E-state index in [1.807, 2.05) is 19.1 Å². The Morgan fingerprint density at radius 3 is 2.86 bits per heavy atom. The van der Waals surface area contributed by atoms with Crippen molar-refractivity contribution in [1.29, 1.82) is 0 Å². The summed E-state index contributed by atoms with van der Waals surface area (Å²) in [7, 11) is 0. The van der Waals surface area contributed by atoms with Gasteiger partial charge in [0, 0.05) is 19.3 Å². The van der Waals surface area contributed by atoms with Gasteiger partial charge < -0.3 is 5.32 Å². The van der Waals surface area contributed by atoms with Crippen molar-refractivity contribution in [2.75, 3.05) is 18.4 Å². The summed E-state index contributed by atoms with van der Waals surface area (Å²) in [5.41, 5.74) is 1.66. The fourth-order valence-electron chi connectivity index (χ4n) is 3.08. The number of thioether (sulfide) groups is 1. The van der Waals surface area contributed by atoms with E-state index < -0.39 is 0 Å². The quantitative estimate of drug-likeness (QED) is 0.297. The molecule has 8 heteroatoms. The molecule has 1 fully saturated rings. The number of carbonyl (C=O) groups excluding carboxylic acids is 1. The van der Waals surface area contributed by atoms with E-state index in [1.54, 1.807) is 18.3 Å². The van der Waals surface area contributed by atoms with Gasteiger partial charge in [-0.05, 0) is 31.1 Å². The van der Waals surface area contributed by atoms with Crippen molar-refractivity contribution in [2.45, 2.75) is 33.1 Å². The largest absolute Gasteiger partial charge is 0.369 e. The van der Waals surface area contributed by atoms with Gasteiger partial charge in [-0.2, -0.15) is 0 Å². The lowest BCUT2D eigenvalue weighted by Crippen LogP contribution is -2.28. The minimum absolute atomic E-state index is 0.217. The zero-order valence-electron chi connectivity index (χ0n) is 16.6. The normalized spacial score (nSPS) is 15.5. The van der Waals surface area contributed by atoms with E-state index in [1.165, 1.54) is 21.1 Å². The predicted octanol–water partition coefficient (Wildman–Crippen LogP) is 3.99. The summed E-state index contributed by atoms with van der Waals surface area (Å²) in [5.74, 6) is 0.278. The Labute approximate surface area is 179 Å². The maximum Gasteiger partial charge on any atom is 0.267 e. The van der Waals surface area contributed by atoms with Crippen molar-refractivity contribution in [2.24, 2.45) is 0 Å². The van der Waals surface area contributed by atoms with Gasteiger partial charge >= 0.3 is 0 Å². The Balaban J connectivity index is 2.08. The minimum Gasteiger partial charge on any atom is -0.369 e. The van der Waals surface area contributed by atoms with Gasteiger partial charge in [0.25, 0.3) is 11.5 Å². The number of fused-ring (bicyclic) bond motifs is 1. The van der Waals surface area contributed by atoms with E-state index in [0.717, 1.165) is 24.8 Å². The number of nitrogens with zero attached hydrogens (tertiary/aromatic N) is 3. The molecule has 1 aliphatic heterocycles. The Bertz CT molecular complexity index is 1060. The van der Waals surface area contributed by atoms with Crippen LogP contribution in [0, 0.1) is 6.92 Å². The number of pyridine rings is 1. The van der Waals surface area contributed by atoms with Crippen LogP contribution in [0.3, 0.4) is 0 Å². The lowest BCUT2D eigenvalue weighted by atomic mass is 10.2. The molecule has 1 amide bonds. The van der Waals surface area contributed by atoms with Gasteiger partial charge in [0.1, 0.15) is 15.8 Å². The number of thiocarbonyl (C=S) groups is 1. The molecule has 3 heterocycles. The molecule has 0 atom stereocenters. The number of nitrogens with one attached hydrogen (secondary N) is 1. The number of aryl methyl sites for hydroxylation is 1. The maximum atomic E-state index is 13.2. The minimum atomic E-state index is -0.217. The van der Waals surface area contributed by atoms with Gasteiger partial charge in [0.05, 0.1) is 10.5 Å². The van der Waals surface area contributed by atoms with Crippen molar-refractivity contribution in [1.82, 2.24) is 14.3 Å². The lowest BCUT2D eigenvalue weighted by molar-refractivity contribution is -0.121. The van der Waals surface area contributed by atoms with Crippen LogP contribution in [-0.4, -0.2) is 37.6 Å². The van der Waals surface area contributed by atoms with Crippen LogP contribution in [0.2, 0.25) is 0 Å². The first-order chi connectivity index (χ1) is 14.0. The highest BCUT2D eigenvalue weighted by atomic mass is 32.2. The SMILES string of the molecule is C=CCN1C(=O)C(=Cc2c(NCCCCC)nc3c(C)cccn3c2=O)SC1=S. The van der Waals surface area contributed by atoms with Gasteiger partial charge in [-0.25, -0.2) is 4.98 Å². The molecule has 0 aliphatic carbocycles. The number of rotatable bonds is 8. The highest BCUT2D eigenvalue weighted by Crippen LogP contribution is 2.33. The molecule has 2 aromatic heterocycles. The number of unbranched alkanes of at least 4 members (excludes halogenated alkanes) is 2. The summed E-state index contributed by atoms with van der Waals surface area (Å²) in [4.78, 5) is 32.5. The van der Waals surface area contributed by atoms with Crippen molar-refractivity contribution in [3.8, 4) is 0 Å². The molecule has 29 heavy (non-hydrogen) atoms. The molecule has 2 aromatic rings. The molecular formula is C21H24N4O2S2. The fraction of sp³-hybridized carbons (Fsp3) is 0.333. The summed E-state index contributed by atoms with van der Waals surface area (Å²) in [5, 5.41) is 3.29. The molecule has 0 spiro atoms. The topological polar surface area (TPSA) is 66.7 Å². The number of anilines is 1. The predicted molar refractivity (Wildman–Crippen MR) is 124 cm³/mol. The van der Waals surface area contributed by atoms with Crippen LogP contribution in [0.4, 0.5) is 5.82 Å². The summed E-state index contributed by atoms with van der Waals surface area (Å²) < 4.78 is 1.98. The van der Waals surface area contributed by atoms with Crippen LogP contribution < -0.4 is 10.9 Å². The molecule has 0 aromatic carbocycles. The van der Waals surface area contributed by atoms with E-state index in [-0.39, 0.29) is 11.5 Å². The van der Waals surface area contributed by atoms with Crippen LogP contribution >= 0.6 is 24.0 Å². The first-order valence-electron chi connectivity index (χ1n) is 9.60. The zero-order chi connectivity index (χ0) is 21.0. The Kier molecular flexibility index (Phi) is 6.87. The number of hydrogen-bond donors (Lipinski definition) is 1. The maximum absolute atomic E-state index is 13.2. The zero-order valence-corrected chi connectivity index (χ0v) is 18.2. The highest BCUT2D eigenvalue weighted by Gasteiger charge is 2.31. The average Bonchev–Trinajstić information content (AvgIpc) is 2.96. The first-order valence-corrected chi connectivity index (χ1v) is 10.8. The van der Waals surface area contributed by atoms with Crippen LogP contribution in [0.25, 0.3) is 11.7 Å². The smallest absolute Gasteiger partial charge is 0.267 e. The van der Waals surface area contributed by atoms with Gasteiger partial charge in [0.2, 0.25) is 0 Å². The molecule has 1 saturated heterocycles. The van der Waals surface area contributed by atoms with Crippen molar-refractivity contribution in [3.63, 3.8) is 0 Å². The Morgan fingerprint density at radius 2 is 2.14 bits per heavy atom. The molecular weight excluding hydrogens is 404 g/mol. The van der Waals surface area contributed by atoms with Crippen LogP contribution in [0.1, 0.15) is 37.3 Å². The third-order valence-electron chi connectivity index (χ3n) is 4.62. The average molecular weight is 429 g/mol. The van der Waals surface area contributed by atoms with Gasteiger partial charge in [-0.15, -0.1) is 6.58 Å². The lowest BCUT2D eigenvalue weighted by Gasteiger charge is -2.12. The second kappa shape index (κ2) is 9.37. The third kappa shape index (κ3) is 4.43. The van der Waals surface area contributed by atoms with E-state index in [9.17, 15) is 9.59 Å². The summed E-state index contributed by atoms with van der Waals surface area (Å²) in [6, 6.07) is 3.73. The van der Waals surface area contributed by atoms with E-state index >= 15 is 0 Å². The molecule has 1 N–H and O–H groups in total. The fourth-order valence-corrected chi connectivity index (χ4v) is 4.33. The Morgan fingerprint density at radius 1 is 1.34 bits per heavy atom. The van der Waals surface area contributed by atoms with Gasteiger partial charge in [-0.1, -0.05) is 55.9 Å². The highest BCUT2D eigenvalue weighted by molar-refractivity contribution is 8.26. The van der Waals surface area contributed by atoms with Gasteiger partial charge in [0.15, 0.2) is 0 Å². The van der Waals surface area contributed by atoms with Crippen LogP contribution in [0.5, 0.6) is 0 Å². The van der Waals surface area contributed by atoms with Crippen molar-refractivity contribution >= 4 is 51.7 Å². The second-order valence-electron chi connectivity index (χ2n) is 6.78. The standard InChI is InChI=1S/C21H24N4O2S2/c1-4-6-7-10-22-17-15(13-16-20(27)25(11-5-2)21(28)29-16)19(26)24-12-8-9-14(3)18(24)23-17/h5,8-9,12-13,22H,2,4,6-7,10-11H2,1,3H3. The number of aromatic nitrogens is 2. The first kappa shape index (κ1) is 21.3. The number of hydrogen-bond acceptors (Lipinski definition) is 6. The molecule has 1 aliphatic rings. The molecule has 0 radical (unpaired) electrons. The molecule has 0 unspecified atom stereocenters. The van der Waals surface area contributed by atoms with E-state index in [0.29, 0.717) is 39.3 Å². The summed E-state index contributed by atoms with van der Waals surface area (Å²) in [6.07, 6.45) is 8.10. The monoisotopic (exact) mass is 428 g/mol. The molecule has 0 saturated carbocycles. The van der Waals surface area contributed by atoms with Crippen molar-refractivity contribution < 1.29 is 4.79 Å². The van der Waals surface area contributed by atoms with Crippen LogP contribution in [0.15, 0.2) is 40.7 Å². The second-order valence-corrected chi connectivity index (χ2v) is 8.45. The molecule has 152 valence electrons. The van der Waals surface area contributed by atoms with E-state index in [2.05, 4.69) is 18.8 Å². The third-order valence-corrected chi connectivity index (χ3v) is 6.00. The van der Waals surface area contributed by atoms with Gasteiger partial charge in [-0.3, -0.25) is 18.9 Å². The van der Waals surface area contributed by atoms with Crippen molar-refractivity contribution in [3.05, 3.63) is 57.4 Å². The van der Waals surface area contributed by atoms with E-state index in [4.69, 9.17) is 17.2 Å². The molecule has 0 bridgehead atoms. The summed E-state index contributed by atoms with van der Waals surface area (Å²) in [6.45, 7) is 8.78. The van der Waals surface area contributed by atoms with Crippen LogP contribution in [-0.2, 0) is 4.79 Å². The number of amides is 1. The molecule has 3 rings (SSSR count).